The molecule has 3 rings (SSSR count). The maximum atomic E-state index is 9.25. The standard InChI is InChI=1S/C17H17NO.CHNO/c1-13-8-9-14(2)17(10-13)19-12-16(11-18)15-6-4-3-5-7-15;1-2-3-1/h3-10,16H,12H2,1-2H3;1H. The lowest BCUT2D eigenvalue weighted by Crippen LogP contribution is -2.09. The summed E-state index contributed by atoms with van der Waals surface area (Å²) in [6.07, 6.45) is 1.38. The van der Waals surface area contributed by atoms with Crippen LogP contribution in [-0.2, 0) is 4.84 Å². The highest BCUT2D eigenvalue weighted by Gasteiger charge is 2.11. The van der Waals surface area contributed by atoms with Crippen molar-refractivity contribution in [1.82, 2.24) is 0 Å². The number of nitriles is 1. The summed E-state index contributed by atoms with van der Waals surface area (Å²) in [4.78, 5) is 4.00. The van der Waals surface area contributed by atoms with Gasteiger partial charge in [-0.1, -0.05) is 42.5 Å². The van der Waals surface area contributed by atoms with Crippen LogP contribution in [0.3, 0.4) is 0 Å². The van der Waals surface area contributed by atoms with Gasteiger partial charge in [0.25, 0.3) is 0 Å². The first kappa shape index (κ1) is 15.6. The monoisotopic (exact) mass is 294 g/mol. The summed E-state index contributed by atoms with van der Waals surface area (Å²) >= 11 is 0. The third-order valence-corrected chi connectivity index (χ3v) is 3.21. The minimum Gasteiger partial charge on any atom is -0.492 e. The molecule has 0 saturated heterocycles. The predicted octanol–water partition coefficient (Wildman–Crippen LogP) is 3.95. The summed E-state index contributed by atoms with van der Waals surface area (Å²) in [5.41, 5.74) is 3.25. The largest absolute Gasteiger partial charge is 0.492 e. The van der Waals surface area contributed by atoms with Crippen molar-refractivity contribution in [1.29, 1.82) is 5.26 Å². The molecule has 0 spiro atoms. The zero-order chi connectivity index (χ0) is 15.8. The van der Waals surface area contributed by atoms with E-state index in [2.05, 4.69) is 22.1 Å². The topological polar surface area (TPSA) is 57.9 Å². The zero-order valence-corrected chi connectivity index (χ0v) is 12.7. The molecule has 112 valence electrons. The fourth-order valence-electron chi connectivity index (χ4n) is 1.93. The molecular formula is C18H18N2O2. The normalized spacial score (nSPS) is 12.2. The lowest BCUT2D eigenvalue weighted by atomic mass is 10.0. The van der Waals surface area contributed by atoms with E-state index in [1.54, 1.807) is 0 Å². The highest BCUT2D eigenvalue weighted by molar-refractivity contribution is 5.53. The molecule has 0 amide bonds. The SMILES string of the molecule is C1=NO1.Cc1ccc(C)c(OCC(C#N)c2ccccc2)c1. The van der Waals surface area contributed by atoms with Crippen molar-refractivity contribution in [3.05, 3.63) is 65.2 Å². The summed E-state index contributed by atoms with van der Waals surface area (Å²) in [5.74, 6) is 0.622. The van der Waals surface area contributed by atoms with Crippen LogP contribution in [0.5, 0.6) is 5.75 Å². The van der Waals surface area contributed by atoms with E-state index in [0.717, 1.165) is 22.4 Å². The number of nitrogens with zero attached hydrogens (tertiary/aromatic N) is 2. The van der Waals surface area contributed by atoms with E-state index >= 15 is 0 Å². The number of ether oxygens (including phenoxy) is 1. The van der Waals surface area contributed by atoms with Crippen LogP contribution in [0.1, 0.15) is 22.6 Å². The first-order chi connectivity index (χ1) is 10.7. The van der Waals surface area contributed by atoms with E-state index in [9.17, 15) is 5.26 Å². The number of hydrogen-bond acceptors (Lipinski definition) is 4. The molecule has 2 aromatic carbocycles. The Bertz CT molecular complexity index is 671. The Morgan fingerprint density at radius 2 is 1.86 bits per heavy atom. The van der Waals surface area contributed by atoms with Gasteiger partial charge in [-0.05, 0) is 41.8 Å². The molecule has 0 bridgehead atoms. The third kappa shape index (κ3) is 4.95. The molecular weight excluding hydrogens is 276 g/mol. The van der Waals surface area contributed by atoms with E-state index in [-0.39, 0.29) is 5.92 Å². The highest BCUT2D eigenvalue weighted by atomic mass is 16.7. The van der Waals surface area contributed by atoms with Gasteiger partial charge in [0.15, 0.2) is 0 Å². The second-order valence-electron chi connectivity index (χ2n) is 4.99. The first-order valence-corrected chi connectivity index (χ1v) is 7.03. The molecule has 0 fully saturated rings. The average molecular weight is 294 g/mol. The minimum atomic E-state index is -0.235. The van der Waals surface area contributed by atoms with Crippen LogP contribution in [0.15, 0.2) is 53.7 Å². The van der Waals surface area contributed by atoms with Gasteiger partial charge in [-0.2, -0.15) is 5.26 Å². The van der Waals surface area contributed by atoms with E-state index in [0.29, 0.717) is 6.61 Å². The average Bonchev–Trinajstić information content (AvgIpc) is 3.41. The highest BCUT2D eigenvalue weighted by Crippen LogP contribution is 2.22. The molecule has 2 aromatic rings. The molecule has 1 unspecified atom stereocenters. The van der Waals surface area contributed by atoms with Crippen molar-refractivity contribution in [3.8, 4) is 11.8 Å². The van der Waals surface area contributed by atoms with E-state index < -0.39 is 0 Å². The molecule has 4 heteroatoms. The molecule has 1 aliphatic rings. The molecule has 0 radical (unpaired) electrons. The summed E-state index contributed by atoms with van der Waals surface area (Å²) in [6, 6.07) is 18.1. The molecule has 1 atom stereocenters. The van der Waals surface area contributed by atoms with Gasteiger partial charge in [-0.3, -0.25) is 0 Å². The van der Waals surface area contributed by atoms with Crippen molar-refractivity contribution in [2.24, 2.45) is 5.16 Å². The Labute approximate surface area is 130 Å². The van der Waals surface area contributed by atoms with Gasteiger partial charge >= 0.3 is 0 Å². The minimum absolute atomic E-state index is 0.235. The molecule has 0 aliphatic carbocycles. The smallest absolute Gasteiger partial charge is 0.249 e. The van der Waals surface area contributed by atoms with Gasteiger partial charge in [0.05, 0.1) is 6.07 Å². The van der Waals surface area contributed by atoms with E-state index in [4.69, 9.17) is 4.74 Å². The second kappa shape index (κ2) is 7.84. The van der Waals surface area contributed by atoms with Crippen LogP contribution in [0, 0.1) is 25.2 Å². The van der Waals surface area contributed by atoms with Crippen molar-refractivity contribution in [3.63, 3.8) is 0 Å². The van der Waals surface area contributed by atoms with Crippen LogP contribution in [-0.4, -0.2) is 13.0 Å². The Morgan fingerprint density at radius 3 is 2.45 bits per heavy atom. The summed E-state index contributed by atoms with van der Waals surface area (Å²) in [5, 5.41) is 12.4. The van der Waals surface area contributed by atoms with Gasteiger partial charge < -0.3 is 9.57 Å². The molecule has 0 saturated carbocycles. The number of aryl methyl sites for hydroxylation is 2. The van der Waals surface area contributed by atoms with Crippen molar-refractivity contribution < 1.29 is 9.57 Å². The Hall–Kier alpha value is -2.80. The van der Waals surface area contributed by atoms with Gasteiger partial charge in [0, 0.05) is 0 Å². The molecule has 22 heavy (non-hydrogen) atoms. The third-order valence-electron chi connectivity index (χ3n) is 3.21. The summed E-state index contributed by atoms with van der Waals surface area (Å²) in [7, 11) is 0. The fourth-order valence-corrected chi connectivity index (χ4v) is 1.93. The number of benzene rings is 2. The second-order valence-corrected chi connectivity index (χ2v) is 4.99. The maximum absolute atomic E-state index is 9.25. The summed E-state index contributed by atoms with van der Waals surface area (Å²) in [6.45, 7) is 4.43. The lowest BCUT2D eigenvalue weighted by molar-refractivity contribution is 0.306. The molecule has 0 aromatic heterocycles. The van der Waals surface area contributed by atoms with Crippen molar-refractivity contribution >= 4 is 6.40 Å². The Balaban J connectivity index is 0.000000523. The maximum Gasteiger partial charge on any atom is 0.249 e. The summed E-state index contributed by atoms with van der Waals surface area (Å²) < 4.78 is 5.80. The molecule has 1 aliphatic heterocycles. The Morgan fingerprint density at radius 1 is 1.18 bits per heavy atom. The van der Waals surface area contributed by atoms with E-state index in [1.165, 1.54) is 6.40 Å². The Kier molecular flexibility index (Phi) is 5.56. The number of rotatable bonds is 4. The van der Waals surface area contributed by atoms with Crippen molar-refractivity contribution in [2.75, 3.05) is 6.61 Å². The van der Waals surface area contributed by atoms with Gasteiger partial charge in [0.2, 0.25) is 6.40 Å². The molecule has 0 N–H and O–H groups in total. The number of oxime groups is 1. The van der Waals surface area contributed by atoms with Gasteiger partial charge in [0.1, 0.15) is 18.3 Å². The van der Waals surface area contributed by atoms with Crippen LogP contribution in [0.2, 0.25) is 0 Å². The van der Waals surface area contributed by atoms with Crippen LogP contribution < -0.4 is 4.74 Å². The van der Waals surface area contributed by atoms with Crippen molar-refractivity contribution in [2.45, 2.75) is 19.8 Å². The number of hydrogen-bond donors (Lipinski definition) is 0. The fraction of sp³-hybridized carbons (Fsp3) is 0.222. The van der Waals surface area contributed by atoms with Gasteiger partial charge in [-0.25, -0.2) is 0 Å². The molecule has 1 heterocycles. The van der Waals surface area contributed by atoms with E-state index in [1.807, 2.05) is 56.3 Å². The lowest BCUT2D eigenvalue weighted by Gasteiger charge is -2.13. The van der Waals surface area contributed by atoms with Gasteiger partial charge in [-0.15, -0.1) is 0 Å². The van der Waals surface area contributed by atoms with Crippen LogP contribution in [0.4, 0.5) is 0 Å². The predicted molar refractivity (Wildman–Crippen MR) is 85.8 cm³/mol. The molecule has 4 nitrogen and oxygen atoms in total. The van der Waals surface area contributed by atoms with Crippen LogP contribution >= 0.6 is 0 Å². The first-order valence-electron chi connectivity index (χ1n) is 7.03. The zero-order valence-electron chi connectivity index (χ0n) is 12.7. The quantitative estimate of drug-likeness (QED) is 0.858. The van der Waals surface area contributed by atoms with Crippen LogP contribution in [0.25, 0.3) is 0 Å².